The lowest BCUT2D eigenvalue weighted by Gasteiger charge is -2.15. The Morgan fingerprint density at radius 2 is 1.68 bits per heavy atom. The fourth-order valence-electron chi connectivity index (χ4n) is 1.40. The Morgan fingerprint density at radius 3 is 2.11 bits per heavy atom. The van der Waals surface area contributed by atoms with Gasteiger partial charge in [-0.2, -0.15) is 0 Å². The van der Waals surface area contributed by atoms with Gasteiger partial charge in [-0.15, -0.1) is 0 Å². The Bertz CT molecular complexity index is 564. The van der Waals surface area contributed by atoms with E-state index in [2.05, 4.69) is 0 Å². The fraction of sp³-hybridized carbons (Fsp3) is 0.333. The van der Waals surface area contributed by atoms with Gasteiger partial charge >= 0.3 is 0 Å². The number of benzene rings is 1. The normalized spacial score (nSPS) is 11.4. The molecule has 0 fully saturated rings. The molecule has 19 heavy (non-hydrogen) atoms. The average molecular weight is 284 g/mol. The lowest BCUT2D eigenvalue weighted by atomic mass is 10.2. The van der Waals surface area contributed by atoms with E-state index < -0.39 is 10.0 Å². The van der Waals surface area contributed by atoms with Crippen molar-refractivity contribution in [1.29, 1.82) is 0 Å². The van der Waals surface area contributed by atoms with Gasteiger partial charge in [0.05, 0.1) is 11.4 Å². The first-order chi connectivity index (χ1) is 8.80. The van der Waals surface area contributed by atoms with E-state index in [1.807, 2.05) is 0 Å². The molecule has 6 nitrogen and oxygen atoms in total. The van der Waals surface area contributed by atoms with Crippen LogP contribution in [0.1, 0.15) is 10.4 Å². The highest BCUT2D eigenvalue weighted by molar-refractivity contribution is 7.89. The molecule has 0 bridgehead atoms. The second-order valence-electron chi connectivity index (χ2n) is 4.16. The van der Waals surface area contributed by atoms with E-state index in [1.165, 1.54) is 50.3 Å². The topological polar surface area (TPSA) is 74.8 Å². The summed E-state index contributed by atoms with van der Waals surface area (Å²) < 4.78 is 24.8. The highest BCUT2D eigenvalue weighted by Crippen LogP contribution is 2.14. The highest BCUT2D eigenvalue weighted by Gasteiger charge is 2.18. The molecule has 1 aromatic carbocycles. The maximum Gasteiger partial charge on any atom is 0.253 e. The van der Waals surface area contributed by atoms with Crippen molar-refractivity contribution in [1.82, 2.24) is 9.21 Å². The molecule has 0 aliphatic heterocycles. The number of hydrogen-bond donors (Lipinski definition) is 0. The number of carbonyl (C=O) groups is 2. The quantitative estimate of drug-likeness (QED) is 0.724. The Kier molecular flexibility index (Phi) is 4.79. The van der Waals surface area contributed by atoms with Crippen molar-refractivity contribution in [3.8, 4) is 0 Å². The molecule has 0 saturated carbocycles. The molecule has 0 saturated heterocycles. The lowest BCUT2D eigenvalue weighted by molar-refractivity contribution is -0.108. The molecule has 1 aromatic rings. The number of hydrogen-bond acceptors (Lipinski definition) is 4. The van der Waals surface area contributed by atoms with Gasteiger partial charge in [-0.25, -0.2) is 12.7 Å². The SMILES string of the molecule is CN(CC=O)C(=O)c1ccc(S(=O)(=O)N(C)C)cc1. The van der Waals surface area contributed by atoms with Crippen LogP contribution < -0.4 is 0 Å². The van der Waals surface area contributed by atoms with Gasteiger partial charge in [0.1, 0.15) is 6.29 Å². The fourth-order valence-corrected chi connectivity index (χ4v) is 2.30. The average Bonchev–Trinajstić information content (AvgIpc) is 2.38. The summed E-state index contributed by atoms with van der Waals surface area (Å²) in [5, 5.41) is 0. The molecule has 0 atom stereocenters. The second-order valence-corrected chi connectivity index (χ2v) is 6.32. The van der Waals surface area contributed by atoms with E-state index >= 15 is 0 Å². The van der Waals surface area contributed by atoms with Crippen LogP contribution in [0.4, 0.5) is 0 Å². The van der Waals surface area contributed by atoms with Crippen LogP contribution in [0.15, 0.2) is 29.2 Å². The number of nitrogens with zero attached hydrogens (tertiary/aromatic N) is 2. The van der Waals surface area contributed by atoms with Crippen molar-refractivity contribution in [2.24, 2.45) is 0 Å². The summed E-state index contributed by atoms with van der Waals surface area (Å²) in [5.41, 5.74) is 0.335. The van der Waals surface area contributed by atoms with E-state index in [9.17, 15) is 18.0 Å². The van der Waals surface area contributed by atoms with Gasteiger partial charge in [0, 0.05) is 26.7 Å². The molecular weight excluding hydrogens is 268 g/mol. The first kappa shape index (κ1) is 15.3. The Labute approximate surface area is 112 Å². The summed E-state index contributed by atoms with van der Waals surface area (Å²) in [6, 6.07) is 5.61. The van der Waals surface area contributed by atoms with Crippen LogP contribution in [-0.4, -0.2) is 57.5 Å². The van der Waals surface area contributed by atoms with Crippen LogP contribution in [0.2, 0.25) is 0 Å². The molecular formula is C12H16N2O4S. The zero-order valence-electron chi connectivity index (χ0n) is 11.0. The van der Waals surface area contributed by atoms with Crippen LogP contribution in [0, 0.1) is 0 Å². The first-order valence-electron chi connectivity index (χ1n) is 5.52. The monoisotopic (exact) mass is 284 g/mol. The summed E-state index contributed by atoms with van der Waals surface area (Å²) in [6.45, 7) is -0.00339. The van der Waals surface area contributed by atoms with Gasteiger partial charge in [0.25, 0.3) is 5.91 Å². The summed E-state index contributed by atoms with van der Waals surface area (Å²) >= 11 is 0. The number of rotatable bonds is 5. The molecule has 0 N–H and O–H groups in total. The van der Waals surface area contributed by atoms with E-state index in [1.54, 1.807) is 0 Å². The van der Waals surface area contributed by atoms with Gasteiger partial charge in [-0.1, -0.05) is 0 Å². The minimum absolute atomic E-state index is 0.00339. The van der Waals surface area contributed by atoms with Crippen molar-refractivity contribution in [2.45, 2.75) is 4.90 Å². The van der Waals surface area contributed by atoms with Crippen LogP contribution in [0.3, 0.4) is 0 Å². The third-order valence-electron chi connectivity index (χ3n) is 2.57. The number of likely N-dealkylation sites (N-methyl/N-ethyl adjacent to an activating group) is 1. The van der Waals surface area contributed by atoms with Gasteiger partial charge in [-0.05, 0) is 24.3 Å². The van der Waals surface area contributed by atoms with Crippen LogP contribution in [0.5, 0.6) is 0 Å². The number of aldehydes is 1. The largest absolute Gasteiger partial charge is 0.335 e. The smallest absolute Gasteiger partial charge is 0.253 e. The number of carbonyl (C=O) groups excluding carboxylic acids is 2. The lowest BCUT2D eigenvalue weighted by Crippen LogP contribution is -2.28. The van der Waals surface area contributed by atoms with Crippen molar-refractivity contribution in [3.05, 3.63) is 29.8 Å². The second kappa shape index (κ2) is 5.94. The number of amides is 1. The maximum atomic E-state index is 11.8. The zero-order valence-corrected chi connectivity index (χ0v) is 11.8. The van der Waals surface area contributed by atoms with Gasteiger partial charge < -0.3 is 9.69 Å². The highest BCUT2D eigenvalue weighted by atomic mass is 32.2. The predicted octanol–water partition coefficient (Wildman–Crippen LogP) is 0.208. The summed E-state index contributed by atoms with van der Waals surface area (Å²) in [7, 11) is 0.877. The summed E-state index contributed by atoms with van der Waals surface area (Å²) in [5.74, 6) is -0.332. The summed E-state index contributed by atoms with van der Waals surface area (Å²) in [6.07, 6.45) is 0.628. The molecule has 1 rings (SSSR count). The zero-order chi connectivity index (χ0) is 14.6. The predicted molar refractivity (Wildman–Crippen MR) is 70.3 cm³/mol. The molecule has 1 amide bonds. The molecule has 104 valence electrons. The third kappa shape index (κ3) is 3.39. The maximum absolute atomic E-state index is 11.8. The number of sulfonamides is 1. The van der Waals surface area contributed by atoms with E-state index in [-0.39, 0.29) is 17.3 Å². The first-order valence-corrected chi connectivity index (χ1v) is 6.96. The molecule has 0 aromatic heterocycles. The molecule has 0 radical (unpaired) electrons. The molecule has 0 spiro atoms. The van der Waals surface area contributed by atoms with Gasteiger partial charge in [-0.3, -0.25) is 4.79 Å². The standard InChI is InChI=1S/C12H16N2O4S/c1-13(2)19(17,18)11-6-4-10(5-7-11)12(16)14(3)8-9-15/h4-7,9H,8H2,1-3H3. The minimum Gasteiger partial charge on any atom is -0.335 e. The van der Waals surface area contributed by atoms with Crippen LogP contribution in [-0.2, 0) is 14.8 Å². The Hall–Kier alpha value is -1.73. The van der Waals surface area contributed by atoms with Crippen molar-refractivity contribution >= 4 is 22.2 Å². The van der Waals surface area contributed by atoms with E-state index in [4.69, 9.17) is 0 Å². The third-order valence-corrected chi connectivity index (χ3v) is 4.40. The molecule has 7 heteroatoms. The van der Waals surface area contributed by atoms with Crippen molar-refractivity contribution in [2.75, 3.05) is 27.7 Å². The molecule has 0 unspecified atom stereocenters. The molecule has 0 heterocycles. The van der Waals surface area contributed by atoms with Crippen molar-refractivity contribution in [3.63, 3.8) is 0 Å². The van der Waals surface area contributed by atoms with E-state index in [0.29, 0.717) is 11.8 Å². The Balaban J connectivity index is 3.01. The van der Waals surface area contributed by atoms with E-state index in [0.717, 1.165) is 4.31 Å². The Morgan fingerprint density at radius 1 is 1.16 bits per heavy atom. The molecule has 0 aliphatic rings. The molecule has 0 aliphatic carbocycles. The van der Waals surface area contributed by atoms with Crippen LogP contribution in [0.25, 0.3) is 0 Å². The summed E-state index contributed by atoms with van der Waals surface area (Å²) in [4.78, 5) is 23.5. The minimum atomic E-state index is -3.50. The van der Waals surface area contributed by atoms with Crippen LogP contribution >= 0.6 is 0 Å². The van der Waals surface area contributed by atoms with Gasteiger partial charge in [0.15, 0.2) is 0 Å². The van der Waals surface area contributed by atoms with Gasteiger partial charge in [0.2, 0.25) is 10.0 Å². The van der Waals surface area contributed by atoms with Crippen molar-refractivity contribution < 1.29 is 18.0 Å².